The number of amides is 1. The van der Waals surface area contributed by atoms with Gasteiger partial charge >= 0.3 is 0 Å². The van der Waals surface area contributed by atoms with E-state index in [-0.39, 0.29) is 10.7 Å². The number of carbonyl (C=O) groups excluding carboxylic acids is 1. The van der Waals surface area contributed by atoms with Crippen LogP contribution in [0.5, 0.6) is 0 Å². The minimum absolute atomic E-state index is 0.0147. The van der Waals surface area contributed by atoms with Crippen molar-refractivity contribution in [2.24, 2.45) is 0 Å². The van der Waals surface area contributed by atoms with Gasteiger partial charge in [0.25, 0.3) is 11.6 Å². The van der Waals surface area contributed by atoms with Crippen molar-refractivity contribution >= 4 is 28.9 Å². The summed E-state index contributed by atoms with van der Waals surface area (Å²) in [5.41, 5.74) is 1.26. The van der Waals surface area contributed by atoms with Crippen LogP contribution in [0.4, 0.5) is 11.4 Å². The van der Waals surface area contributed by atoms with Crippen LogP contribution in [0, 0.1) is 10.1 Å². The van der Waals surface area contributed by atoms with Gasteiger partial charge in [0.15, 0.2) is 6.17 Å². The molecule has 0 aliphatic carbocycles. The van der Waals surface area contributed by atoms with Gasteiger partial charge in [0.1, 0.15) is 16.5 Å². The van der Waals surface area contributed by atoms with Crippen molar-refractivity contribution in [2.45, 2.75) is 6.17 Å². The number of hydrogen-bond acceptors (Lipinski definition) is 6. The molecule has 4 rings (SSSR count). The summed E-state index contributed by atoms with van der Waals surface area (Å²) in [5.74, 6) is 0.138. The van der Waals surface area contributed by atoms with Crippen LogP contribution in [0.25, 0.3) is 11.3 Å². The average Bonchev–Trinajstić information content (AvgIpc) is 3.14. The lowest BCUT2D eigenvalue weighted by Gasteiger charge is -2.31. The Morgan fingerprint density at radius 2 is 1.96 bits per heavy atom. The van der Waals surface area contributed by atoms with Crippen molar-refractivity contribution in [1.29, 1.82) is 0 Å². The maximum absolute atomic E-state index is 12.3. The number of nitro benzene ring substituents is 1. The zero-order valence-electron chi connectivity index (χ0n) is 13.6. The summed E-state index contributed by atoms with van der Waals surface area (Å²) in [7, 11) is 0. The van der Waals surface area contributed by atoms with Crippen LogP contribution < -0.4 is 5.32 Å². The first kappa shape index (κ1) is 17.1. The number of rotatable bonds is 3. The molecule has 136 valence electrons. The van der Waals surface area contributed by atoms with Gasteiger partial charge in [-0.3, -0.25) is 20.1 Å². The molecule has 3 aromatic rings. The molecule has 0 fully saturated rings. The third kappa shape index (κ3) is 2.90. The summed E-state index contributed by atoms with van der Waals surface area (Å²) < 4.78 is 5.75. The zero-order chi connectivity index (χ0) is 19.1. The van der Waals surface area contributed by atoms with Crippen molar-refractivity contribution < 1.29 is 19.3 Å². The number of nitrogens with one attached hydrogen (secondary N) is 1. The maximum Gasteiger partial charge on any atom is 0.287 e. The number of para-hydroxylation sites is 1. The highest BCUT2D eigenvalue weighted by Gasteiger charge is 2.34. The summed E-state index contributed by atoms with van der Waals surface area (Å²) in [6, 6.07) is 14.3. The second-order valence-corrected chi connectivity index (χ2v) is 6.27. The topological polar surface area (TPSA) is 109 Å². The molecule has 1 atom stereocenters. The van der Waals surface area contributed by atoms with Crippen molar-refractivity contribution in [1.82, 2.24) is 5.06 Å². The normalized spacial score (nSPS) is 16.0. The number of hydrogen-bond donors (Lipinski definition) is 2. The first-order valence-corrected chi connectivity index (χ1v) is 8.25. The largest absolute Gasteiger partial charge is 0.457 e. The molecule has 2 aromatic carbocycles. The van der Waals surface area contributed by atoms with Gasteiger partial charge in [0.2, 0.25) is 0 Å². The summed E-state index contributed by atoms with van der Waals surface area (Å²) in [6.07, 6.45) is -0.908. The quantitative estimate of drug-likeness (QED) is 0.391. The van der Waals surface area contributed by atoms with Crippen LogP contribution in [0.15, 0.2) is 59.0 Å². The Labute approximate surface area is 157 Å². The van der Waals surface area contributed by atoms with Crippen LogP contribution in [0.1, 0.15) is 22.3 Å². The van der Waals surface area contributed by atoms with E-state index in [0.29, 0.717) is 33.4 Å². The van der Waals surface area contributed by atoms with Crippen molar-refractivity contribution in [3.8, 4) is 11.3 Å². The molecule has 0 saturated heterocycles. The van der Waals surface area contributed by atoms with E-state index >= 15 is 0 Å². The number of anilines is 1. The second kappa shape index (κ2) is 6.42. The molecule has 0 bridgehead atoms. The van der Waals surface area contributed by atoms with Crippen LogP contribution in [-0.2, 0) is 0 Å². The zero-order valence-corrected chi connectivity index (χ0v) is 14.4. The standard InChI is InChI=1S/C18H12ClN3O5/c19-12-9-10(5-6-14(12)22(25)26)15-7-8-16(27-15)17-20-13-4-2-1-3-11(13)18(23)21(17)24/h1-9,17,20,24H. The van der Waals surface area contributed by atoms with E-state index in [1.165, 1.54) is 18.2 Å². The van der Waals surface area contributed by atoms with E-state index in [1.807, 2.05) is 0 Å². The van der Waals surface area contributed by atoms with E-state index in [0.717, 1.165) is 0 Å². The molecular weight excluding hydrogens is 374 g/mol. The Hall–Kier alpha value is -3.36. The Balaban J connectivity index is 1.66. The Morgan fingerprint density at radius 3 is 2.70 bits per heavy atom. The van der Waals surface area contributed by atoms with Crippen molar-refractivity contribution in [3.05, 3.63) is 81.1 Å². The Bertz CT molecular complexity index is 1060. The molecule has 9 heteroatoms. The molecule has 2 N–H and O–H groups in total. The lowest BCUT2D eigenvalue weighted by atomic mass is 10.1. The molecule has 1 aliphatic heterocycles. The van der Waals surface area contributed by atoms with Gasteiger partial charge in [-0.1, -0.05) is 23.7 Å². The number of halogens is 1. The molecule has 1 unspecified atom stereocenters. The van der Waals surface area contributed by atoms with E-state index < -0.39 is 17.0 Å². The van der Waals surface area contributed by atoms with Crippen LogP contribution in [0.2, 0.25) is 5.02 Å². The fraction of sp³-hybridized carbons (Fsp3) is 0.0556. The fourth-order valence-corrected chi connectivity index (χ4v) is 3.15. The number of nitro groups is 1. The molecule has 8 nitrogen and oxygen atoms in total. The molecule has 1 aliphatic rings. The smallest absolute Gasteiger partial charge is 0.287 e. The lowest BCUT2D eigenvalue weighted by molar-refractivity contribution is -0.384. The predicted octanol–water partition coefficient (Wildman–Crippen LogP) is 4.46. The van der Waals surface area contributed by atoms with Gasteiger partial charge < -0.3 is 9.73 Å². The SMILES string of the molecule is O=C1c2ccccc2NC(c2ccc(-c3ccc([N+](=O)[O-])c(Cl)c3)o2)N1O. The van der Waals surface area contributed by atoms with Crippen molar-refractivity contribution in [3.63, 3.8) is 0 Å². The summed E-state index contributed by atoms with van der Waals surface area (Å²) in [4.78, 5) is 22.6. The number of fused-ring (bicyclic) bond motifs is 1. The van der Waals surface area contributed by atoms with Gasteiger partial charge in [0, 0.05) is 17.3 Å². The highest BCUT2D eigenvalue weighted by Crippen LogP contribution is 2.35. The predicted molar refractivity (Wildman–Crippen MR) is 96.6 cm³/mol. The highest BCUT2D eigenvalue weighted by molar-refractivity contribution is 6.32. The maximum atomic E-state index is 12.3. The molecule has 0 saturated carbocycles. The van der Waals surface area contributed by atoms with E-state index in [2.05, 4.69) is 5.32 Å². The number of hydroxylamine groups is 2. The van der Waals surface area contributed by atoms with E-state index in [4.69, 9.17) is 16.0 Å². The molecule has 1 aromatic heterocycles. The average molecular weight is 386 g/mol. The summed E-state index contributed by atoms with van der Waals surface area (Å²) >= 11 is 5.94. The first-order valence-electron chi connectivity index (χ1n) is 7.88. The van der Waals surface area contributed by atoms with Gasteiger partial charge in [-0.15, -0.1) is 0 Å². The first-order chi connectivity index (χ1) is 13.0. The minimum atomic E-state index is -0.908. The number of carbonyl (C=O) groups is 1. The van der Waals surface area contributed by atoms with Crippen LogP contribution in [-0.4, -0.2) is 21.1 Å². The second-order valence-electron chi connectivity index (χ2n) is 5.87. The Morgan fingerprint density at radius 1 is 1.19 bits per heavy atom. The van der Waals surface area contributed by atoms with E-state index in [9.17, 15) is 20.1 Å². The number of benzene rings is 2. The molecule has 27 heavy (non-hydrogen) atoms. The summed E-state index contributed by atoms with van der Waals surface area (Å²) in [6.45, 7) is 0. The summed E-state index contributed by atoms with van der Waals surface area (Å²) in [5, 5.41) is 24.7. The molecule has 0 radical (unpaired) electrons. The number of furan rings is 1. The van der Waals surface area contributed by atoms with Gasteiger partial charge in [0.05, 0.1) is 10.5 Å². The van der Waals surface area contributed by atoms with Gasteiger partial charge in [-0.25, -0.2) is 0 Å². The molecule has 2 heterocycles. The molecule has 1 amide bonds. The van der Waals surface area contributed by atoms with E-state index in [1.54, 1.807) is 36.4 Å². The third-order valence-electron chi connectivity index (χ3n) is 4.23. The lowest BCUT2D eigenvalue weighted by Crippen LogP contribution is -2.40. The van der Waals surface area contributed by atoms with Gasteiger partial charge in [-0.05, 0) is 36.4 Å². The fourth-order valence-electron chi connectivity index (χ4n) is 2.90. The molecular formula is C18H12ClN3O5. The minimum Gasteiger partial charge on any atom is -0.457 e. The monoisotopic (exact) mass is 385 g/mol. The Kier molecular flexibility index (Phi) is 4.06. The van der Waals surface area contributed by atoms with Crippen LogP contribution in [0.3, 0.4) is 0 Å². The number of nitrogens with zero attached hydrogens (tertiary/aromatic N) is 2. The van der Waals surface area contributed by atoms with Crippen molar-refractivity contribution in [2.75, 3.05) is 5.32 Å². The third-order valence-corrected chi connectivity index (χ3v) is 4.53. The van der Waals surface area contributed by atoms with Gasteiger partial charge in [-0.2, -0.15) is 5.06 Å². The highest BCUT2D eigenvalue weighted by atomic mass is 35.5. The molecule has 0 spiro atoms. The van der Waals surface area contributed by atoms with Crippen LogP contribution >= 0.6 is 11.6 Å².